The van der Waals surface area contributed by atoms with Crippen LogP contribution in [0.4, 0.5) is 0 Å². The topological polar surface area (TPSA) is 48.8 Å². The predicted molar refractivity (Wildman–Crippen MR) is 119 cm³/mol. The highest BCUT2D eigenvalue weighted by molar-refractivity contribution is 5.63. The van der Waals surface area contributed by atoms with Gasteiger partial charge in [0.1, 0.15) is 18.5 Å². The number of aromatic nitrogens is 1. The summed E-state index contributed by atoms with van der Waals surface area (Å²) < 4.78 is 5.80. The van der Waals surface area contributed by atoms with Crippen molar-refractivity contribution in [2.75, 3.05) is 39.3 Å². The summed E-state index contributed by atoms with van der Waals surface area (Å²) in [5.74, 6) is 0.786. The van der Waals surface area contributed by atoms with Crippen molar-refractivity contribution in [2.24, 2.45) is 0 Å². The minimum atomic E-state index is -0.499. The summed E-state index contributed by atoms with van der Waals surface area (Å²) >= 11 is 0. The van der Waals surface area contributed by atoms with E-state index in [-0.39, 0.29) is 0 Å². The second kappa shape index (κ2) is 10.3. The summed E-state index contributed by atoms with van der Waals surface area (Å²) in [7, 11) is 0. The molecule has 4 rings (SSSR count). The molecule has 1 aromatic heterocycles. The Morgan fingerprint density at radius 2 is 1.47 bits per heavy atom. The molecule has 30 heavy (non-hydrogen) atoms. The number of nitrogens with zero attached hydrogens (tertiary/aromatic N) is 3. The van der Waals surface area contributed by atoms with Gasteiger partial charge in [0.15, 0.2) is 0 Å². The average molecular weight is 404 g/mol. The molecule has 0 unspecified atom stereocenters. The van der Waals surface area contributed by atoms with Crippen molar-refractivity contribution in [3.8, 4) is 16.9 Å². The molecule has 0 radical (unpaired) electrons. The van der Waals surface area contributed by atoms with E-state index in [2.05, 4.69) is 45.1 Å². The number of hydrogen-bond donors (Lipinski definition) is 1. The van der Waals surface area contributed by atoms with E-state index in [1.807, 2.05) is 48.7 Å². The van der Waals surface area contributed by atoms with Crippen LogP contribution in [0.5, 0.6) is 5.75 Å². The van der Waals surface area contributed by atoms with Crippen molar-refractivity contribution in [3.05, 3.63) is 84.7 Å². The number of benzene rings is 2. The molecule has 1 saturated heterocycles. The maximum absolute atomic E-state index is 10.4. The van der Waals surface area contributed by atoms with Gasteiger partial charge >= 0.3 is 0 Å². The van der Waals surface area contributed by atoms with Crippen LogP contribution in [0.1, 0.15) is 5.69 Å². The third kappa shape index (κ3) is 5.89. The van der Waals surface area contributed by atoms with Crippen LogP contribution in [0.3, 0.4) is 0 Å². The van der Waals surface area contributed by atoms with Crippen molar-refractivity contribution in [1.82, 2.24) is 14.8 Å². The van der Waals surface area contributed by atoms with E-state index in [1.165, 1.54) is 5.56 Å². The zero-order valence-electron chi connectivity index (χ0n) is 17.2. The smallest absolute Gasteiger partial charge is 0.119 e. The Labute approximate surface area is 178 Å². The number of hydrogen-bond acceptors (Lipinski definition) is 5. The lowest BCUT2D eigenvalue weighted by Crippen LogP contribution is -2.48. The summed E-state index contributed by atoms with van der Waals surface area (Å²) in [5, 5.41) is 10.4. The van der Waals surface area contributed by atoms with Crippen LogP contribution in [-0.4, -0.2) is 65.3 Å². The number of rotatable bonds is 8. The SMILES string of the molecule is O[C@@H](COc1ccc(-c2ccccc2)cc1)CN1CCN(Cc2ccccn2)CC1. The molecule has 2 aromatic carbocycles. The fourth-order valence-corrected chi connectivity index (χ4v) is 3.77. The van der Waals surface area contributed by atoms with Gasteiger partial charge in [-0.25, -0.2) is 0 Å². The first kappa shape index (κ1) is 20.5. The summed E-state index contributed by atoms with van der Waals surface area (Å²) in [6.07, 6.45) is 1.35. The molecule has 5 heteroatoms. The Kier molecular flexibility index (Phi) is 7.08. The number of aliphatic hydroxyl groups excluding tert-OH is 1. The van der Waals surface area contributed by atoms with Gasteiger partial charge < -0.3 is 9.84 Å². The molecule has 1 aliphatic rings. The Balaban J connectivity index is 1.18. The maximum atomic E-state index is 10.4. The maximum Gasteiger partial charge on any atom is 0.119 e. The van der Waals surface area contributed by atoms with Gasteiger partial charge in [-0.3, -0.25) is 14.8 Å². The third-order valence-electron chi connectivity index (χ3n) is 5.45. The van der Waals surface area contributed by atoms with E-state index < -0.39 is 6.10 Å². The molecule has 1 aliphatic heterocycles. The summed E-state index contributed by atoms with van der Waals surface area (Å²) in [4.78, 5) is 9.12. The van der Waals surface area contributed by atoms with Gasteiger partial charge in [0, 0.05) is 45.5 Å². The molecule has 2 heterocycles. The molecule has 0 aliphatic carbocycles. The first-order valence-corrected chi connectivity index (χ1v) is 10.6. The molecular formula is C25H29N3O2. The fraction of sp³-hybridized carbons (Fsp3) is 0.320. The molecule has 1 N–H and O–H groups in total. The van der Waals surface area contributed by atoms with Gasteiger partial charge in [0.05, 0.1) is 5.69 Å². The summed E-state index contributed by atoms with van der Waals surface area (Å²) in [6.45, 7) is 5.72. The minimum absolute atomic E-state index is 0.304. The van der Waals surface area contributed by atoms with E-state index in [0.717, 1.165) is 49.7 Å². The summed E-state index contributed by atoms with van der Waals surface area (Å²) in [5.41, 5.74) is 3.45. The van der Waals surface area contributed by atoms with E-state index in [9.17, 15) is 5.11 Å². The minimum Gasteiger partial charge on any atom is -0.491 e. The Morgan fingerprint density at radius 3 is 2.17 bits per heavy atom. The lowest BCUT2D eigenvalue weighted by Gasteiger charge is -2.35. The van der Waals surface area contributed by atoms with Crippen LogP contribution >= 0.6 is 0 Å². The van der Waals surface area contributed by atoms with Gasteiger partial charge in [0.25, 0.3) is 0 Å². The van der Waals surface area contributed by atoms with Gasteiger partial charge in [-0.05, 0) is 35.4 Å². The highest BCUT2D eigenvalue weighted by atomic mass is 16.5. The van der Waals surface area contributed by atoms with Gasteiger partial charge in [0.2, 0.25) is 0 Å². The predicted octanol–water partition coefficient (Wildman–Crippen LogP) is 3.31. The van der Waals surface area contributed by atoms with Crippen LogP contribution < -0.4 is 4.74 Å². The van der Waals surface area contributed by atoms with Crippen LogP contribution in [0.15, 0.2) is 79.0 Å². The molecule has 1 fully saturated rings. The molecule has 0 bridgehead atoms. The van der Waals surface area contributed by atoms with E-state index in [4.69, 9.17) is 4.74 Å². The van der Waals surface area contributed by atoms with Gasteiger partial charge in [-0.1, -0.05) is 48.5 Å². The largest absolute Gasteiger partial charge is 0.491 e. The summed E-state index contributed by atoms with van der Waals surface area (Å²) in [6, 6.07) is 24.4. The number of piperazine rings is 1. The average Bonchev–Trinajstić information content (AvgIpc) is 2.81. The normalized spacial score (nSPS) is 16.3. The molecule has 3 aromatic rings. The zero-order valence-corrected chi connectivity index (χ0v) is 17.2. The Hall–Kier alpha value is -2.73. The fourth-order valence-electron chi connectivity index (χ4n) is 3.77. The molecule has 5 nitrogen and oxygen atoms in total. The highest BCUT2D eigenvalue weighted by Crippen LogP contribution is 2.22. The lowest BCUT2D eigenvalue weighted by atomic mass is 10.1. The second-order valence-corrected chi connectivity index (χ2v) is 7.75. The van der Waals surface area contributed by atoms with Crippen molar-refractivity contribution in [1.29, 1.82) is 0 Å². The van der Waals surface area contributed by atoms with Crippen molar-refractivity contribution < 1.29 is 9.84 Å². The van der Waals surface area contributed by atoms with Crippen molar-refractivity contribution in [3.63, 3.8) is 0 Å². The first-order chi connectivity index (χ1) is 14.8. The van der Waals surface area contributed by atoms with E-state index in [1.54, 1.807) is 0 Å². The molecule has 1 atom stereocenters. The third-order valence-corrected chi connectivity index (χ3v) is 5.45. The van der Waals surface area contributed by atoms with Crippen LogP contribution in [0, 0.1) is 0 Å². The Morgan fingerprint density at radius 1 is 0.800 bits per heavy atom. The monoisotopic (exact) mass is 403 g/mol. The number of aliphatic hydroxyl groups is 1. The standard InChI is InChI=1S/C25H29N3O2/c29-24(19-28-16-14-27(15-17-28)18-23-8-4-5-13-26-23)20-30-25-11-9-22(10-12-25)21-6-2-1-3-7-21/h1-13,24,29H,14-20H2/t24-/m1/s1. The zero-order chi connectivity index (χ0) is 20.6. The van der Waals surface area contributed by atoms with Crippen LogP contribution in [-0.2, 0) is 6.54 Å². The van der Waals surface area contributed by atoms with E-state index in [0.29, 0.717) is 13.2 Å². The number of pyridine rings is 1. The van der Waals surface area contributed by atoms with E-state index >= 15 is 0 Å². The van der Waals surface area contributed by atoms with Crippen molar-refractivity contribution in [2.45, 2.75) is 12.6 Å². The first-order valence-electron chi connectivity index (χ1n) is 10.6. The van der Waals surface area contributed by atoms with Gasteiger partial charge in [-0.2, -0.15) is 0 Å². The molecule has 0 saturated carbocycles. The number of ether oxygens (including phenoxy) is 1. The quantitative estimate of drug-likeness (QED) is 0.625. The van der Waals surface area contributed by atoms with Crippen LogP contribution in [0.2, 0.25) is 0 Å². The molecule has 0 spiro atoms. The Bertz CT molecular complexity index is 879. The van der Waals surface area contributed by atoms with Gasteiger partial charge in [-0.15, -0.1) is 0 Å². The molecule has 0 amide bonds. The second-order valence-electron chi connectivity index (χ2n) is 7.75. The van der Waals surface area contributed by atoms with Crippen molar-refractivity contribution >= 4 is 0 Å². The molecular weight excluding hydrogens is 374 g/mol. The highest BCUT2D eigenvalue weighted by Gasteiger charge is 2.19. The molecule has 156 valence electrons. The van der Waals surface area contributed by atoms with Crippen LogP contribution in [0.25, 0.3) is 11.1 Å². The lowest BCUT2D eigenvalue weighted by molar-refractivity contribution is 0.0444. The number of β-amino-alcohol motifs (C(OH)–C–C–N with tert-alkyl or cyclic N) is 1.